The summed E-state index contributed by atoms with van der Waals surface area (Å²) < 4.78 is 114. The molecule has 0 saturated carbocycles. The fourth-order valence-corrected chi connectivity index (χ4v) is 7.28. The summed E-state index contributed by atoms with van der Waals surface area (Å²) in [7, 11) is 1.56. The maximum absolute atomic E-state index is 16.3. The van der Waals surface area contributed by atoms with Crippen LogP contribution in [0.25, 0.3) is 11.1 Å². The number of aryl methyl sites for hydroxylation is 2. The first-order valence-electron chi connectivity index (χ1n) is 18.1. The minimum Gasteiger partial charge on any atom is -0.466 e. The Balaban J connectivity index is 1.86. The van der Waals surface area contributed by atoms with E-state index in [0.29, 0.717) is 48.5 Å². The van der Waals surface area contributed by atoms with E-state index in [4.69, 9.17) is 9.47 Å². The van der Waals surface area contributed by atoms with Gasteiger partial charge in [0.05, 0.1) is 36.3 Å². The molecule has 3 aromatic rings. The molecule has 1 aliphatic heterocycles. The van der Waals surface area contributed by atoms with E-state index in [1.165, 1.54) is 13.8 Å². The lowest BCUT2D eigenvalue weighted by Crippen LogP contribution is -2.50. The van der Waals surface area contributed by atoms with Gasteiger partial charge in [0.25, 0.3) is 5.56 Å². The van der Waals surface area contributed by atoms with Gasteiger partial charge in [-0.3, -0.25) is 14.4 Å². The second-order valence-corrected chi connectivity index (χ2v) is 14.9. The number of nitrogens with one attached hydrogen (secondary N) is 1. The van der Waals surface area contributed by atoms with Crippen molar-refractivity contribution < 1.29 is 49.8 Å². The number of likely N-dealkylation sites (tertiary alicyclic amines) is 1. The van der Waals surface area contributed by atoms with Crippen LogP contribution in [0.5, 0.6) is 0 Å². The van der Waals surface area contributed by atoms with Crippen LogP contribution in [0.3, 0.4) is 0 Å². The van der Waals surface area contributed by atoms with Gasteiger partial charge in [-0.2, -0.15) is 26.3 Å². The molecule has 55 heavy (non-hydrogen) atoms. The van der Waals surface area contributed by atoms with Crippen molar-refractivity contribution in [1.29, 1.82) is 0 Å². The zero-order valence-electron chi connectivity index (χ0n) is 32.0. The Morgan fingerprint density at radius 1 is 0.964 bits per heavy atom. The van der Waals surface area contributed by atoms with E-state index >= 15 is 4.39 Å². The molecule has 1 saturated heterocycles. The lowest BCUT2D eigenvalue weighted by Gasteiger charge is -2.39. The normalized spacial score (nSPS) is 15.8. The molecule has 2 aromatic carbocycles. The highest BCUT2D eigenvalue weighted by Gasteiger charge is 2.43. The Labute approximate surface area is 316 Å². The van der Waals surface area contributed by atoms with Gasteiger partial charge in [0.15, 0.2) is 0 Å². The average Bonchev–Trinajstić information content (AvgIpc) is 3.04. The highest BCUT2D eigenvalue weighted by atomic mass is 19.4. The highest BCUT2D eigenvalue weighted by Crippen LogP contribution is 2.42. The number of rotatable bonds is 15. The van der Waals surface area contributed by atoms with Crippen LogP contribution in [0.1, 0.15) is 80.0 Å². The molecule has 302 valence electrons. The number of hydrogen-bond donors (Lipinski definition) is 1. The molecule has 0 spiro atoms. The number of nitrogens with zero attached hydrogens (tertiary/aromatic N) is 2. The molecule has 15 heteroatoms. The van der Waals surface area contributed by atoms with Gasteiger partial charge >= 0.3 is 18.3 Å². The van der Waals surface area contributed by atoms with Crippen LogP contribution in [0.15, 0.2) is 47.4 Å². The first-order chi connectivity index (χ1) is 25.6. The molecular formula is C40H48F7N3O5. The van der Waals surface area contributed by atoms with E-state index in [-0.39, 0.29) is 49.0 Å². The van der Waals surface area contributed by atoms with Crippen molar-refractivity contribution in [3.05, 3.63) is 92.1 Å². The van der Waals surface area contributed by atoms with E-state index in [0.717, 1.165) is 16.8 Å². The van der Waals surface area contributed by atoms with Crippen LogP contribution in [-0.4, -0.2) is 61.3 Å². The smallest absolute Gasteiger partial charge is 0.419 e. The maximum Gasteiger partial charge on any atom is 0.419 e. The quantitative estimate of drug-likeness (QED) is 0.124. The van der Waals surface area contributed by atoms with Crippen molar-refractivity contribution in [2.24, 2.45) is 11.8 Å². The molecule has 1 fully saturated rings. The number of esters is 1. The molecule has 0 aliphatic carbocycles. The SMILES string of the molecule is CCOC(=O)C[C@@](C)(NC(=O)C(CC(C)C)n1cc(CCN2CC(COC)C2)c(C(F)(F)F)cc1=O)c1cc(-c2c(C)cccc2C)cc(C(F)(F)F)c1F. The zero-order chi connectivity index (χ0) is 41.0. The van der Waals surface area contributed by atoms with Crippen LogP contribution in [0.2, 0.25) is 0 Å². The van der Waals surface area contributed by atoms with Crippen molar-refractivity contribution in [1.82, 2.24) is 14.8 Å². The van der Waals surface area contributed by atoms with E-state index in [2.05, 4.69) is 5.32 Å². The molecule has 4 rings (SSSR count). The van der Waals surface area contributed by atoms with E-state index in [9.17, 15) is 40.7 Å². The number of methoxy groups -OCH3 is 1. The van der Waals surface area contributed by atoms with Gasteiger partial charge in [0.2, 0.25) is 5.91 Å². The molecule has 0 radical (unpaired) electrons. The lowest BCUT2D eigenvalue weighted by atomic mass is 9.83. The lowest BCUT2D eigenvalue weighted by molar-refractivity contribution is -0.145. The van der Waals surface area contributed by atoms with Crippen LogP contribution in [0.4, 0.5) is 30.7 Å². The maximum atomic E-state index is 16.3. The molecule has 1 aromatic heterocycles. The van der Waals surface area contributed by atoms with Crippen molar-refractivity contribution >= 4 is 11.9 Å². The summed E-state index contributed by atoms with van der Waals surface area (Å²) in [6.07, 6.45) is -10.1. The first kappa shape index (κ1) is 43.5. The van der Waals surface area contributed by atoms with Gasteiger partial charge in [-0.05, 0) is 86.4 Å². The minimum absolute atomic E-state index is 0.0262. The monoisotopic (exact) mass is 783 g/mol. The molecule has 2 heterocycles. The topological polar surface area (TPSA) is 89.9 Å². The van der Waals surface area contributed by atoms with E-state index < -0.39 is 70.3 Å². The Morgan fingerprint density at radius 2 is 1.56 bits per heavy atom. The third-order valence-corrected chi connectivity index (χ3v) is 9.88. The molecule has 1 amide bonds. The van der Waals surface area contributed by atoms with Gasteiger partial charge in [0.1, 0.15) is 11.9 Å². The summed E-state index contributed by atoms with van der Waals surface area (Å²) in [6.45, 7) is 11.3. The summed E-state index contributed by atoms with van der Waals surface area (Å²) >= 11 is 0. The fraction of sp³-hybridized carbons (Fsp3) is 0.525. The van der Waals surface area contributed by atoms with Gasteiger partial charge in [-0.25, -0.2) is 4.39 Å². The number of alkyl halides is 6. The van der Waals surface area contributed by atoms with Gasteiger partial charge in [-0.15, -0.1) is 0 Å². The van der Waals surface area contributed by atoms with Crippen molar-refractivity contribution in [3.8, 4) is 11.1 Å². The molecule has 0 bridgehead atoms. The molecular weight excluding hydrogens is 735 g/mol. The van der Waals surface area contributed by atoms with Gasteiger partial charge in [0, 0.05) is 50.5 Å². The molecule has 1 N–H and O–H groups in total. The van der Waals surface area contributed by atoms with Crippen LogP contribution in [-0.2, 0) is 43.4 Å². The number of halogens is 7. The second-order valence-electron chi connectivity index (χ2n) is 14.9. The molecule has 8 nitrogen and oxygen atoms in total. The predicted octanol–water partition coefficient (Wildman–Crippen LogP) is 8.00. The fourth-order valence-electron chi connectivity index (χ4n) is 7.28. The molecule has 2 atom stereocenters. The van der Waals surface area contributed by atoms with Crippen molar-refractivity contribution in [2.45, 2.75) is 84.7 Å². The van der Waals surface area contributed by atoms with Crippen molar-refractivity contribution in [2.75, 3.05) is 40.0 Å². The van der Waals surface area contributed by atoms with Crippen molar-refractivity contribution in [3.63, 3.8) is 0 Å². The Bertz CT molecular complexity index is 1900. The number of amides is 1. The number of hydrogen-bond acceptors (Lipinski definition) is 6. The summed E-state index contributed by atoms with van der Waals surface area (Å²) in [5.74, 6) is -3.82. The predicted molar refractivity (Wildman–Crippen MR) is 193 cm³/mol. The third-order valence-electron chi connectivity index (χ3n) is 9.88. The van der Waals surface area contributed by atoms with Crippen LogP contribution >= 0.6 is 0 Å². The highest BCUT2D eigenvalue weighted by molar-refractivity contribution is 5.83. The largest absolute Gasteiger partial charge is 0.466 e. The van der Waals surface area contributed by atoms with Gasteiger partial charge < -0.3 is 24.3 Å². The molecule has 1 unspecified atom stereocenters. The Hall–Kier alpha value is -4.24. The summed E-state index contributed by atoms with van der Waals surface area (Å²) in [4.78, 5) is 42.9. The number of pyridine rings is 1. The standard InChI is InChI=1S/C40H48F7N3O5/c1-8-55-34(52)18-38(6,30-15-28(16-31(36(30)41)40(45,46)47)35-24(4)10-9-11-25(35)5)48-37(53)32(14-23(2)3)50-21-27(29(17-33(50)51)39(42,43)44)12-13-49-19-26(20-49)22-54-7/h9-11,15-17,21,23,26,32H,8,12-14,18-20,22H2,1-7H3,(H,48,53)/t32?,38-/m1/s1. The minimum atomic E-state index is -5.19. The number of carbonyl (C=O) groups is 2. The zero-order valence-corrected chi connectivity index (χ0v) is 32.0. The summed E-state index contributed by atoms with van der Waals surface area (Å²) in [5, 5.41) is 2.56. The third kappa shape index (κ3) is 10.3. The van der Waals surface area contributed by atoms with Crippen LogP contribution < -0.4 is 10.9 Å². The molecule has 1 aliphatic rings. The average molecular weight is 784 g/mol. The Kier molecular flexibility index (Phi) is 13.7. The van der Waals surface area contributed by atoms with E-state index in [1.54, 1.807) is 53.0 Å². The van der Waals surface area contributed by atoms with E-state index in [1.807, 2.05) is 4.90 Å². The summed E-state index contributed by atoms with van der Waals surface area (Å²) in [6, 6.07) is 5.80. The number of carbonyl (C=O) groups excluding carboxylic acids is 2. The second kappa shape index (κ2) is 17.3. The van der Waals surface area contributed by atoms with Gasteiger partial charge in [-0.1, -0.05) is 32.0 Å². The number of benzene rings is 2. The first-order valence-corrected chi connectivity index (χ1v) is 18.1. The summed E-state index contributed by atoms with van der Waals surface area (Å²) in [5.41, 5.74) is -5.52. The van der Waals surface area contributed by atoms with Crippen LogP contribution in [0, 0.1) is 31.5 Å². The number of aromatic nitrogens is 1. The number of ether oxygens (including phenoxy) is 2. The Morgan fingerprint density at radius 3 is 2.11 bits per heavy atom.